The summed E-state index contributed by atoms with van der Waals surface area (Å²) in [5.74, 6) is 0.167. The van der Waals surface area contributed by atoms with E-state index in [4.69, 9.17) is 11.5 Å². The van der Waals surface area contributed by atoms with Crippen molar-refractivity contribution in [3.05, 3.63) is 0 Å². The molecule has 0 aromatic rings. The van der Waals surface area contributed by atoms with Crippen LogP contribution < -0.4 is 11.5 Å². The van der Waals surface area contributed by atoms with Crippen molar-refractivity contribution in [1.29, 1.82) is 0 Å². The van der Waals surface area contributed by atoms with E-state index in [9.17, 15) is 0 Å². The molecule has 0 fully saturated rings. The van der Waals surface area contributed by atoms with Crippen LogP contribution in [0.5, 0.6) is 0 Å². The molecule has 0 aliphatic rings. The molecule has 0 spiro atoms. The SMILES string of the molecule is CC(C)SC(C)N=C(N)N. The Kier molecular flexibility index (Phi) is 4.27. The molecule has 0 rings (SSSR count). The summed E-state index contributed by atoms with van der Waals surface area (Å²) in [4.78, 5) is 3.95. The van der Waals surface area contributed by atoms with Gasteiger partial charge in [-0.15, -0.1) is 11.8 Å². The van der Waals surface area contributed by atoms with E-state index in [1.165, 1.54) is 0 Å². The molecule has 4 N–H and O–H groups in total. The van der Waals surface area contributed by atoms with Crippen molar-refractivity contribution >= 4 is 17.7 Å². The first-order valence-electron chi connectivity index (χ1n) is 3.26. The largest absolute Gasteiger partial charge is 0.370 e. The second kappa shape index (κ2) is 4.44. The lowest BCUT2D eigenvalue weighted by atomic mass is 10.6. The quantitative estimate of drug-likeness (QED) is 0.474. The Bertz CT molecular complexity index is 118. The standard InChI is InChI=1S/C6H15N3S/c1-4(2)10-5(3)9-6(7)8/h4-5H,1-3H3,(H4,7,8,9). The average molecular weight is 161 g/mol. The highest BCUT2D eigenvalue weighted by Gasteiger charge is 2.01. The predicted octanol–water partition coefficient (Wildman–Crippen LogP) is 0.747. The highest BCUT2D eigenvalue weighted by atomic mass is 32.2. The van der Waals surface area contributed by atoms with Gasteiger partial charge in [0.25, 0.3) is 0 Å². The van der Waals surface area contributed by atoms with Gasteiger partial charge in [0.05, 0.1) is 5.37 Å². The smallest absolute Gasteiger partial charge is 0.187 e. The number of hydrogen-bond donors (Lipinski definition) is 2. The van der Waals surface area contributed by atoms with Crippen molar-refractivity contribution in [1.82, 2.24) is 0 Å². The summed E-state index contributed by atoms with van der Waals surface area (Å²) in [6.45, 7) is 6.21. The number of aliphatic imine (C=N–C) groups is 1. The van der Waals surface area contributed by atoms with Crippen molar-refractivity contribution in [3.63, 3.8) is 0 Å². The summed E-state index contributed by atoms with van der Waals surface area (Å²) < 4.78 is 0. The van der Waals surface area contributed by atoms with Crippen LogP contribution in [0.1, 0.15) is 20.8 Å². The van der Waals surface area contributed by atoms with Gasteiger partial charge < -0.3 is 11.5 Å². The maximum Gasteiger partial charge on any atom is 0.187 e. The van der Waals surface area contributed by atoms with E-state index in [1.54, 1.807) is 11.8 Å². The van der Waals surface area contributed by atoms with Crippen molar-refractivity contribution in [2.24, 2.45) is 16.5 Å². The van der Waals surface area contributed by atoms with Crippen LogP contribution in [-0.2, 0) is 0 Å². The molecule has 10 heavy (non-hydrogen) atoms. The van der Waals surface area contributed by atoms with E-state index in [-0.39, 0.29) is 11.3 Å². The minimum absolute atomic E-state index is 0.167. The Morgan fingerprint density at radius 3 is 2.10 bits per heavy atom. The Morgan fingerprint density at radius 1 is 1.30 bits per heavy atom. The summed E-state index contributed by atoms with van der Waals surface area (Å²) in [5.41, 5.74) is 10.4. The maximum absolute atomic E-state index is 5.18. The topological polar surface area (TPSA) is 64.4 Å². The van der Waals surface area contributed by atoms with Gasteiger partial charge in [0.15, 0.2) is 5.96 Å². The van der Waals surface area contributed by atoms with Crippen molar-refractivity contribution in [2.75, 3.05) is 0 Å². The van der Waals surface area contributed by atoms with Gasteiger partial charge in [-0.1, -0.05) is 13.8 Å². The van der Waals surface area contributed by atoms with Gasteiger partial charge in [0.1, 0.15) is 0 Å². The van der Waals surface area contributed by atoms with E-state index < -0.39 is 0 Å². The van der Waals surface area contributed by atoms with Crippen molar-refractivity contribution in [3.8, 4) is 0 Å². The van der Waals surface area contributed by atoms with E-state index in [0.29, 0.717) is 5.25 Å². The van der Waals surface area contributed by atoms with Crippen LogP contribution in [-0.4, -0.2) is 16.6 Å². The molecule has 3 nitrogen and oxygen atoms in total. The number of nitrogens with zero attached hydrogens (tertiary/aromatic N) is 1. The highest BCUT2D eigenvalue weighted by molar-refractivity contribution is 8.00. The van der Waals surface area contributed by atoms with Crippen LogP contribution in [0.15, 0.2) is 4.99 Å². The maximum atomic E-state index is 5.18. The zero-order valence-corrected chi connectivity index (χ0v) is 7.48. The monoisotopic (exact) mass is 161 g/mol. The fourth-order valence-corrected chi connectivity index (χ4v) is 1.60. The number of thioether (sulfide) groups is 1. The van der Waals surface area contributed by atoms with Crippen LogP contribution in [0.4, 0.5) is 0 Å². The molecule has 1 atom stereocenters. The average Bonchev–Trinajstić information content (AvgIpc) is 1.58. The lowest BCUT2D eigenvalue weighted by Crippen LogP contribution is -2.24. The number of rotatable bonds is 3. The molecule has 0 saturated carbocycles. The molecule has 4 heteroatoms. The molecule has 0 aliphatic carbocycles. The van der Waals surface area contributed by atoms with Gasteiger partial charge in [-0.25, -0.2) is 4.99 Å². The minimum atomic E-state index is 0.167. The van der Waals surface area contributed by atoms with Gasteiger partial charge in [-0.05, 0) is 6.92 Å². The second-order valence-electron chi connectivity index (χ2n) is 2.34. The molecule has 0 saturated heterocycles. The first kappa shape index (κ1) is 9.62. The minimum Gasteiger partial charge on any atom is -0.370 e. The molecule has 0 bridgehead atoms. The fourth-order valence-electron chi connectivity index (χ4n) is 0.634. The number of nitrogens with two attached hydrogens (primary N) is 2. The van der Waals surface area contributed by atoms with E-state index in [1.807, 2.05) is 6.92 Å². The van der Waals surface area contributed by atoms with Crippen molar-refractivity contribution in [2.45, 2.75) is 31.4 Å². The first-order valence-corrected chi connectivity index (χ1v) is 4.21. The zero-order valence-electron chi connectivity index (χ0n) is 6.66. The summed E-state index contributed by atoms with van der Waals surface area (Å²) in [5, 5.41) is 0.739. The van der Waals surface area contributed by atoms with Gasteiger partial charge in [-0.2, -0.15) is 0 Å². The molecule has 1 unspecified atom stereocenters. The van der Waals surface area contributed by atoms with E-state index in [2.05, 4.69) is 18.8 Å². The van der Waals surface area contributed by atoms with Crippen LogP contribution >= 0.6 is 11.8 Å². The Hall–Kier alpha value is -0.380. The van der Waals surface area contributed by atoms with Crippen LogP contribution in [0, 0.1) is 0 Å². The normalized spacial score (nSPS) is 13.2. The fraction of sp³-hybridized carbons (Fsp3) is 0.833. The van der Waals surface area contributed by atoms with E-state index in [0.717, 1.165) is 0 Å². The zero-order chi connectivity index (χ0) is 8.15. The summed E-state index contributed by atoms with van der Waals surface area (Å²) in [6, 6.07) is 0. The van der Waals surface area contributed by atoms with Crippen LogP contribution in [0.25, 0.3) is 0 Å². The molecule has 0 aromatic heterocycles. The summed E-state index contributed by atoms with van der Waals surface area (Å²) in [7, 11) is 0. The van der Waals surface area contributed by atoms with Crippen LogP contribution in [0.2, 0.25) is 0 Å². The lowest BCUT2D eigenvalue weighted by Gasteiger charge is -2.08. The summed E-state index contributed by atoms with van der Waals surface area (Å²) in [6.07, 6.45) is 0. The lowest BCUT2D eigenvalue weighted by molar-refractivity contribution is 1.00. The first-order chi connectivity index (χ1) is 4.52. The predicted molar refractivity (Wildman–Crippen MR) is 48.0 cm³/mol. The van der Waals surface area contributed by atoms with Gasteiger partial charge in [0.2, 0.25) is 0 Å². The Labute approximate surface area is 66.3 Å². The third-order valence-corrected chi connectivity index (χ3v) is 1.84. The Balaban J connectivity index is 3.64. The molecule has 60 valence electrons. The van der Waals surface area contributed by atoms with Crippen LogP contribution in [0.3, 0.4) is 0 Å². The highest BCUT2D eigenvalue weighted by Crippen LogP contribution is 2.16. The third-order valence-electron chi connectivity index (χ3n) is 0.800. The molecule has 0 amide bonds. The molecular weight excluding hydrogens is 146 g/mol. The van der Waals surface area contributed by atoms with Crippen molar-refractivity contribution < 1.29 is 0 Å². The molecule has 0 aliphatic heterocycles. The van der Waals surface area contributed by atoms with E-state index >= 15 is 0 Å². The molecular formula is C6H15N3S. The number of hydrogen-bond acceptors (Lipinski definition) is 2. The second-order valence-corrected chi connectivity index (χ2v) is 4.24. The van der Waals surface area contributed by atoms with Gasteiger partial charge >= 0.3 is 0 Å². The molecule has 0 aromatic carbocycles. The molecule has 0 heterocycles. The third kappa shape index (κ3) is 5.75. The number of guanidine groups is 1. The molecule has 0 radical (unpaired) electrons. The summed E-state index contributed by atoms with van der Waals surface area (Å²) >= 11 is 1.74. The Morgan fingerprint density at radius 2 is 1.80 bits per heavy atom. The van der Waals surface area contributed by atoms with Gasteiger partial charge in [-0.3, -0.25) is 0 Å². The van der Waals surface area contributed by atoms with Gasteiger partial charge in [0, 0.05) is 5.25 Å².